The Bertz CT molecular complexity index is 631. The number of aryl methyl sites for hydroxylation is 2. The molecule has 1 unspecified atom stereocenters. The number of aromatic nitrogens is 2. The van der Waals surface area contributed by atoms with Crippen molar-refractivity contribution in [2.45, 2.75) is 18.7 Å². The van der Waals surface area contributed by atoms with Gasteiger partial charge in [-0.05, 0) is 31.5 Å². The van der Waals surface area contributed by atoms with Crippen molar-refractivity contribution in [1.29, 1.82) is 0 Å². The zero-order valence-corrected chi connectivity index (χ0v) is 12.1. The van der Waals surface area contributed by atoms with Crippen LogP contribution in [0.5, 0.6) is 0 Å². The summed E-state index contributed by atoms with van der Waals surface area (Å²) in [5.41, 5.74) is 1.04. The Morgan fingerprint density at radius 2 is 2.05 bits per heavy atom. The summed E-state index contributed by atoms with van der Waals surface area (Å²) < 4.78 is 13.9. The highest BCUT2D eigenvalue weighted by molar-refractivity contribution is 9.09. The summed E-state index contributed by atoms with van der Waals surface area (Å²) in [6, 6.07) is 6.41. The van der Waals surface area contributed by atoms with Crippen molar-refractivity contribution in [3.05, 3.63) is 58.9 Å². The molecule has 2 rings (SSSR count). The van der Waals surface area contributed by atoms with Crippen LogP contribution in [0.1, 0.15) is 32.3 Å². The van der Waals surface area contributed by atoms with E-state index in [0.717, 1.165) is 0 Å². The molecule has 0 aliphatic rings. The number of rotatable bonds is 3. The minimum absolute atomic E-state index is 0.0677. The number of carbonyl (C=O) groups is 1. The Morgan fingerprint density at radius 1 is 1.32 bits per heavy atom. The number of Topliss-reactive ketones (excluding diaryl/α,β-unsaturated/α-hetero) is 1. The first-order valence-corrected chi connectivity index (χ1v) is 6.65. The average molecular weight is 323 g/mol. The molecule has 0 spiro atoms. The quantitative estimate of drug-likeness (QED) is 0.641. The summed E-state index contributed by atoms with van der Waals surface area (Å²) in [6.45, 7) is 3.37. The van der Waals surface area contributed by atoms with Gasteiger partial charge in [0.15, 0.2) is 5.78 Å². The Kier molecular flexibility index (Phi) is 4.04. The molecule has 0 aliphatic heterocycles. The topological polar surface area (TPSA) is 42.9 Å². The summed E-state index contributed by atoms with van der Waals surface area (Å²) >= 11 is 3.27. The van der Waals surface area contributed by atoms with Crippen LogP contribution in [0.4, 0.5) is 4.39 Å². The molecule has 0 saturated carbocycles. The third-order valence-corrected chi connectivity index (χ3v) is 3.63. The van der Waals surface area contributed by atoms with E-state index in [0.29, 0.717) is 17.1 Å². The molecule has 2 aromatic rings. The van der Waals surface area contributed by atoms with Crippen LogP contribution in [0.2, 0.25) is 0 Å². The SMILES string of the molecule is Cc1nccc(C(Br)C(=O)c2cccc(C)c2F)n1. The number of nitrogens with zero attached hydrogens (tertiary/aromatic N) is 2. The summed E-state index contributed by atoms with van der Waals surface area (Å²) in [7, 11) is 0. The Morgan fingerprint density at radius 3 is 2.74 bits per heavy atom. The number of halogens is 2. The van der Waals surface area contributed by atoms with E-state index >= 15 is 0 Å². The Balaban J connectivity index is 2.36. The first kappa shape index (κ1) is 13.8. The van der Waals surface area contributed by atoms with Crippen LogP contribution in [0.25, 0.3) is 0 Å². The lowest BCUT2D eigenvalue weighted by molar-refractivity contribution is 0.0986. The molecule has 0 saturated heterocycles. The fourth-order valence-electron chi connectivity index (χ4n) is 1.72. The van der Waals surface area contributed by atoms with E-state index in [1.807, 2.05) is 0 Å². The van der Waals surface area contributed by atoms with Crippen LogP contribution in [-0.4, -0.2) is 15.8 Å². The summed E-state index contributed by atoms with van der Waals surface area (Å²) in [6.07, 6.45) is 1.58. The predicted octanol–water partition coefficient (Wildman–Crippen LogP) is 3.55. The highest BCUT2D eigenvalue weighted by Crippen LogP contribution is 2.27. The van der Waals surface area contributed by atoms with Crippen LogP contribution >= 0.6 is 15.9 Å². The summed E-state index contributed by atoms with van der Waals surface area (Å²) in [4.78, 5) is 19.7. The number of hydrogen-bond acceptors (Lipinski definition) is 3. The van der Waals surface area contributed by atoms with E-state index in [1.54, 1.807) is 38.2 Å². The second kappa shape index (κ2) is 5.57. The lowest BCUT2D eigenvalue weighted by Gasteiger charge is -2.10. The highest BCUT2D eigenvalue weighted by atomic mass is 79.9. The number of alkyl halides is 1. The minimum atomic E-state index is -0.675. The third-order valence-electron chi connectivity index (χ3n) is 2.74. The zero-order valence-electron chi connectivity index (χ0n) is 10.5. The third kappa shape index (κ3) is 2.87. The smallest absolute Gasteiger partial charge is 0.185 e. The molecule has 0 aliphatic carbocycles. The van der Waals surface area contributed by atoms with Crippen molar-refractivity contribution >= 4 is 21.7 Å². The second-order valence-corrected chi connectivity index (χ2v) is 5.11. The van der Waals surface area contributed by atoms with Crippen molar-refractivity contribution in [1.82, 2.24) is 9.97 Å². The molecule has 19 heavy (non-hydrogen) atoms. The monoisotopic (exact) mass is 322 g/mol. The standard InChI is InChI=1S/C14H12BrFN2O/c1-8-4-3-5-10(13(8)16)14(19)12(15)11-6-7-17-9(2)18-11/h3-7,12H,1-2H3. The molecule has 1 heterocycles. The normalized spacial score (nSPS) is 12.2. The van der Waals surface area contributed by atoms with Crippen LogP contribution in [0.15, 0.2) is 30.5 Å². The second-order valence-electron chi connectivity index (χ2n) is 4.19. The van der Waals surface area contributed by atoms with Gasteiger partial charge in [0.25, 0.3) is 0 Å². The maximum absolute atomic E-state index is 13.9. The predicted molar refractivity (Wildman–Crippen MR) is 73.9 cm³/mol. The number of ketones is 1. The molecule has 1 atom stereocenters. The van der Waals surface area contributed by atoms with Crippen LogP contribution < -0.4 is 0 Å². The summed E-state index contributed by atoms with van der Waals surface area (Å²) in [5, 5.41) is 0. The average Bonchev–Trinajstić information content (AvgIpc) is 2.40. The molecule has 0 radical (unpaired) electrons. The van der Waals surface area contributed by atoms with Gasteiger partial charge in [0.1, 0.15) is 16.5 Å². The van der Waals surface area contributed by atoms with E-state index in [2.05, 4.69) is 25.9 Å². The lowest BCUT2D eigenvalue weighted by atomic mass is 10.0. The number of benzene rings is 1. The van der Waals surface area contributed by atoms with Crippen molar-refractivity contribution in [3.63, 3.8) is 0 Å². The van der Waals surface area contributed by atoms with Gasteiger partial charge in [0, 0.05) is 6.20 Å². The van der Waals surface area contributed by atoms with Crippen molar-refractivity contribution in [2.75, 3.05) is 0 Å². The van der Waals surface area contributed by atoms with Crippen LogP contribution in [0, 0.1) is 19.7 Å². The minimum Gasteiger partial charge on any atom is -0.292 e. The molecule has 1 aromatic carbocycles. The number of carbonyl (C=O) groups excluding carboxylic acids is 1. The molecule has 98 valence electrons. The Labute approximate surface area is 119 Å². The van der Waals surface area contributed by atoms with Gasteiger partial charge < -0.3 is 0 Å². The van der Waals surface area contributed by atoms with Gasteiger partial charge in [-0.25, -0.2) is 14.4 Å². The molecule has 5 heteroatoms. The zero-order chi connectivity index (χ0) is 14.0. The maximum Gasteiger partial charge on any atom is 0.185 e. The lowest BCUT2D eigenvalue weighted by Crippen LogP contribution is -2.12. The van der Waals surface area contributed by atoms with Crippen molar-refractivity contribution in [3.8, 4) is 0 Å². The molecule has 0 amide bonds. The van der Waals surface area contributed by atoms with E-state index in [-0.39, 0.29) is 11.3 Å². The van der Waals surface area contributed by atoms with Gasteiger partial charge in [-0.15, -0.1) is 0 Å². The largest absolute Gasteiger partial charge is 0.292 e. The first-order chi connectivity index (χ1) is 9.00. The van der Waals surface area contributed by atoms with Crippen LogP contribution in [-0.2, 0) is 0 Å². The van der Waals surface area contributed by atoms with E-state index in [4.69, 9.17) is 0 Å². The van der Waals surface area contributed by atoms with E-state index in [9.17, 15) is 9.18 Å². The molecule has 1 aromatic heterocycles. The van der Waals surface area contributed by atoms with Crippen molar-refractivity contribution < 1.29 is 9.18 Å². The fourth-order valence-corrected chi connectivity index (χ4v) is 2.23. The van der Waals surface area contributed by atoms with Gasteiger partial charge in [0.2, 0.25) is 0 Å². The first-order valence-electron chi connectivity index (χ1n) is 5.73. The van der Waals surface area contributed by atoms with Gasteiger partial charge >= 0.3 is 0 Å². The molecular weight excluding hydrogens is 311 g/mol. The van der Waals surface area contributed by atoms with Gasteiger partial charge in [-0.1, -0.05) is 28.1 Å². The fraction of sp³-hybridized carbons (Fsp3) is 0.214. The molecule has 0 N–H and O–H groups in total. The van der Waals surface area contributed by atoms with E-state index in [1.165, 1.54) is 6.07 Å². The molecule has 0 fully saturated rings. The van der Waals surface area contributed by atoms with Crippen molar-refractivity contribution in [2.24, 2.45) is 0 Å². The number of hydrogen-bond donors (Lipinski definition) is 0. The highest BCUT2D eigenvalue weighted by Gasteiger charge is 2.23. The molecule has 0 bridgehead atoms. The maximum atomic E-state index is 13.9. The van der Waals surface area contributed by atoms with Gasteiger partial charge in [-0.2, -0.15) is 0 Å². The van der Waals surface area contributed by atoms with Gasteiger partial charge in [0.05, 0.1) is 11.3 Å². The molecule has 3 nitrogen and oxygen atoms in total. The summed E-state index contributed by atoms with van der Waals surface area (Å²) in [5.74, 6) is -0.263. The van der Waals surface area contributed by atoms with Crippen LogP contribution in [0.3, 0.4) is 0 Å². The molecular formula is C14H12BrFN2O. The van der Waals surface area contributed by atoms with E-state index < -0.39 is 10.6 Å². The van der Waals surface area contributed by atoms with Gasteiger partial charge in [-0.3, -0.25) is 4.79 Å². The Hall–Kier alpha value is -1.62.